The van der Waals surface area contributed by atoms with Gasteiger partial charge in [0.05, 0.1) is 24.0 Å². The molecule has 3 aromatic rings. The number of H-pyrrole nitrogens is 1. The lowest BCUT2D eigenvalue weighted by Gasteiger charge is -2.25. The zero-order valence-corrected chi connectivity index (χ0v) is 26.3. The molecule has 1 unspecified atom stereocenters. The summed E-state index contributed by atoms with van der Waals surface area (Å²) < 4.78 is 38.5. The van der Waals surface area contributed by atoms with Gasteiger partial charge in [-0.3, -0.25) is 28.5 Å². The second-order valence-electron chi connectivity index (χ2n) is 11.2. The number of nitrogens with zero attached hydrogens (tertiary/aromatic N) is 3. The predicted molar refractivity (Wildman–Crippen MR) is 163 cm³/mol. The summed E-state index contributed by atoms with van der Waals surface area (Å²) in [6, 6.07) is 7.38. The highest BCUT2D eigenvalue weighted by Gasteiger charge is 2.52. The van der Waals surface area contributed by atoms with E-state index in [2.05, 4.69) is 20.0 Å². The topological polar surface area (TPSA) is 190 Å². The third-order valence-corrected chi connectivity index (χ3v) is 8.61. The number of nitrogens with one attached hydrogen (secondary N) is 2. The lowest BCUT2D eigenvalue weighted by atomic mass is 10.1. The second-order valence-corrected chi connectivity index (χ2v) is 12.9. The molecule has 0 bridgehead atoms. The first-order valence-electron chi connectivity index (χ1n) is 14.4. The molecule has 1 aliphatic carbocycles. The highest BCUT2D eigenvalue weighted by molar-refractivity contribution is 7.52. The van der Waals surface area contributed by atoms with Crippen molar-refractivity contribution < 1.29 is 32.7 Å². The van der Waals surface area contributed by atoms with Crippen molar-refractivity contribution in [3.8, 4) is 5.75 Å². The summed E-state index contributed by atoms with van der Waals surface area (Å²) in [4.78, 5) is 48.1. The normalized spacial score (nSPS) is 19.8. The molecular formula is C29H39N6O8P. The van der Waals surface area contributed by atoms with Gasteiger partial charge in [-0.05, 0) is 44.4 Å². The van der Waals surface area contributed by atoms with Crippen molar-refractivity contribution in [2.75, 3.05) is 18.9 Å². The minimum Gasteiger partial charge on any atom is -0.464 e. The summed E-state index contributed by atoms with van der Waals surface area (Å²) in [6.45, 7) is 8.45. The van der Waals surface area contributed by atoms with Gasteiger partial charge in [-0.2, -0.15) is 10.1 Å². The van der Waals surface area contributed by atoms with Crippen LogP contribution in [-0.4, -0.2) is 56.8 Å². The summed E-state index contributed by atoms with van der Waals surface area (Å²) >= 11 is 0. The lowest BCUT2D eigenvalue weighted by molar-refractivity contribution is -0.151. The minimum absolute atomic E-state index is 0.0688. The van der Waals surface area contributed by atoms with Gasteiger partial charge in [0.15, 0.2) is 11.2 Å². The van der Waals surface area contributed by atoms with Gasteiger partial charge in [0.1, 0.15) is 24.7 Å². The Morgan fingerprint density at radius 3 is 2.59 bits per heavy atom. The summed E-state index contributed by atoms with van der Waals surface area (Å²) in [7, 11) is -4.19. The Hall–Kier alpha value is -4.00. The van der Waals surface area contributed by atoms with E-state index in [9.17, 15) is 18.9 Å². The monoisotopic (exact) mass is 630 g/mol. The third kappa shape index (κ3) is 8.13. The van der Waals surface area contributed by atoms with Crippen molar-refractivity contribution in [3.05, 3.63) is 52.6 Å². The Labute approximate surface area is 254 Å². The third-order valence-electron chi connectivity index (χ3n) is 6.99. The molecule has 0 radical (unpaired) electrons. The van der Waals surface area contributed by atoms with Crippen LogP contribution in [0.5, 0.6) is 5.75 Å². The van der Waals surface area contributed by atoms with Crippen LogP contribution >= 0.6 is 7.75 Å². The highest BCUT2D eigenvalue weighted by atomic mass is 31.2. The molecule has 1 saturated carbocycles. The molecule has 4 N–H and O–H groups in total. The van der Waals surface area contributed by atoms with Crippen molar-refractivity contribution >= 4 is 43.0 Å². The number of anilines is 1. The molecule has 4 atom stereocenters. The molecule has 0 spiro atoms. The molecule has 2 heterocycles. The van der Waals surface area contributed by atoms with Gasteiger partial charge in [-0.25, -0.2) is 9.55 Å². The SMILES string of the molecule is CCC[C@H](C)OC(=O)[C@H](C)NP(=O)(OC[C@@]1(COC(=O)C(C)C)C/C1=C/n1cnc2c(=O)[nH]c(N)nc21)Oc1ccccc1. The zero-order valence-electron chi connectivity index (χ0n) is 25.4. The number of ether oxygens (including phenoxy) is 2. The average Bonchev–Trinajstić information content (AvgIpc) is 3.50. The maximum absolute atomic E-state index is 14.1. The fraction of sp³-hybridized carbons (Fsp3) is 0.483. The van der Waals surface area contributed by atoms with E-state index < -0.39 is 36.7 Å². The lowest BCUT2D eigenvalue weighted by Crippen LogP contribution is -2.37. The van der Waals surface area contributed by atoms with Gasteiger partial charge in [-0.1, -0.05) is 45.4 Å². The Morgan fingerprint density at radius 1 is 1.18 bits per heavy atom. The number of aromatic amines is 1. The van der Waals surface area contributed by atoms with Crippen molar-refractivity contribution in [2.45, 2.75) is 66.0 Å². The molecule has 2 aromatic heterocycles. The number of imidazole rings is 1. The molecule has 1 aromatic carbocycles. The van der Waals surface area contributed by atoms with Gasteiger partial charge >= 0.3 is 19.7 Å². The molecule has 0 amide bonds. The maximum Gasteiger partial charge on any atom is 0.459 e. The van der Waals surface area contributed by atoms with Crippen LogP contribution in [0.15, 0.2) is 47.0 Å². The van der Waals surface area contributed by atoms with Crippen LogP contribution in [0.2, 0.25) is 0 Å². The highest BCUT2D eigenvalue weighted by Crippen LogP contribution is 2.56. The Kier molecular flexibility index (Phi) is 10.3. The first kappa shape index (κ1) is 32.9. The van der Waals surface area contributed by atoms with E-state index in [-0.39, 0.29) is 48.1 Å². The Balaban J connectivity index is 1.60. The standard InChI is InChI=1S/C29H39N6O8P/c1-6-10-19(4)42-27(38)20(5)34-44(39,43-22-11-8-7-9-12-22)41-16-29(15-40-26(37)18(2)3)13-21(29)14-35-17-31-23-24(35)32-28(30)33-25(23)36/h7-9,11-12,14,17-20H,6,10,13,15-16H2,1-5H3,(H,34,39)(H3,30,32,33,36)/b21-14-/t19-,20-,29-,44?/m0/s1. The van der Waals surface area contributed by atoms with Gasteiger partial charge < -0.3 is 19.7 Å². The first-order valence-corrected chi connectivity index (χ1v) is 16.0. The number of esters is 2. The molecule has 1 fully saturated rings. The van der Waals surface area contributed by atoms with Crippen LogP contribution in [0.4, 0.5) is 5.95 Å². The van der Waals surface area contributed by atoms with Crippen LogP contribution in [-0.2, 0) is 28.2 Å². The zero-order chi connectivity index (χ0) is 32.1. The molecule has 4 rings (SSSR count). The van der Waals surface area contributed by atoms with E-state index in [1.165, 1.54) is 17.8 Å². The van der Waals surface area contributed by atoms with Gasteiger partial charge in [0, 0.05) is 6.20 Å². The van der Waals surface area contributed by atoms with E-state index in [0.29, 0.717) is 12.8 Å². The largest absolute Gasteiger partial charge is 0.464 e. The van der Waals surface area contributed by atoms with E-state index in [4.69, 9.17) is 24.3 Å². The van der Waals surface area contributed by atoms with Gasteiger partial charge in [-0.15, -0.1) is 0 Å². The van der Waals surface area contributed by atoms with Crippen molar-refractivity contribution in [1.29, 1.82) is 0 Å². The number of rotatable bonds is 15. The van der Waals surface area contributed by atoms with Crippen LogP contribution < -0.4 is 20.9 Å². The minimum atomic E-state index is -4.19. The van der Waals surface area contributed by atoms with E-state index in [1.807, 2.05) is 6.92 Å². The average molecular weight is 631 g/mol. The summed E-state index contributed by atoms with van der Waals surface area (Å²) in [5.74, 6) is -1.20. The molecule has 44 heavy (non-hydrogen) atoms. The summed E-state index contributed by atoms with van der Waals surface area (Å²) in [5, 5.41) is 2.70. The van der Waals surface area contributed by atoms with Crippen LogP contribution in [0, 0.1) is 11.3 Å². The van der Waals surface area contributed by atoms with Crippen LogP contribution in [0.3, 0.4) is 0 Å². The van der Waals surface area contributed by atoms with E-state index in [1.54, 1.807) is 57.3 Å². The number of nitrogen functional groups attached to an aromatic ring is 1. The Bertz CT molecular complexity index is 1620. The quantitative estimate of drug-likeness (QED) is 0.162. The summed E-state index contributed by atoms with van der Waals surface area (Å²) in [6.07, 6.45) is 4.71. The molecule has 15 heteroatoms. The van der Waals surface area contributed by atoms with Crippen molar-refractivity contribution in [2.24, 2.45) is 11.3 Å². The Morgan fingerprint density at radius 2 is 1.91 bits per heavy atom. The number of benzene rings is 1. The molecule has 1 aliphatic rings. The van der Waals surface area contributed by atoms with E-state index in [0.717, 1.165) is 12.0 Å². The number of carbonyl (C=O) groups is 2. The molecular weight excluding hydrogens is 591 g/mol. The van der Waals surface area contributed by atoms with Crippen molar-refractivity contribution in [3.63, 3.8) is 0 Å². The maximum atomic E-state index is 14.1. The fourth-order valence-electron chi connectivity index (χ4n) is 4.39. The molecule has 14 nitrogen and oxygen atoms in total. The molecule has 238 valence electrons. The smallest absolute Gasteiger partial charge is 0.459 e. The number of aromatic nitrogens is 4. The number of fused-ring (bicyclic) bond motifs is 1. The molecule has 0 aliphatic heterocycles. The van der Waals surface area contributed by atoms with Crippen LogP contribution in [0.25, 0.3) is 17.4 Å². The summed E-state index contributed by atoms with van der Waals surface area (Å²) in [5.41, 5.74) is 5.46. The van der Waals surface area contributed by atoms with E-state index >= 15 is 0 Å². The predicted octanol–water partition coefficient (Wildman–Crippen LogP) is 4.05. The first-order chi connectivity index (χ1) is 20.8. The number of carbonyl (C=O) groups excluding carboxylic acids is 2. The van der Waals surface area contributed by atoms with Crippen molar-refractivity contribution in [1.82, 2.24) is 24.6 Å². The second kappa shape index (κ2) is 13.7. The fourth-order valence-corrected chi connectivity index (χ4v) is 5.96. The number of para-hydroxylation sites is 1. The van der Waals surface area contributed by atoms with Gasteiger partial charge in [0.2, 0.25) is 5.95 Å². The van der Waals surface area contributed by atoms with Gasteiger partial charge in [0.25, 0.3) is 5.56 Å². The number of hydrogen-bond donors (Lipinski definition) is 3. The number of hydrogen-bond acceptors (Lipinski definition) is 11. The number of nitrogens with two attached hydrogens (primary N) is 1. The van der Waals surface area contributed by atoms with Crippen LogP contribution in [0.1, 0.15) is 53.9 Å². The molecule has 0 saturated heterocycles.